The number of hydrogen-bond donors (Lipinski definition) is 0. The molecule has 3 atom stereocenters. The van der Waals surface area contributed by atoms with Crippen LogP contribution in [0.4, 0.5) is 0 Å². The molecule has 1 aromatic rings. The molecular formula is C18H25NO. The summed E-state index contributed by atoms with van der Waals surface area (Å²) >= 11 is 0. The lowest BCUT2D eigenvalue weighted by Crippen LogP contribution is -2.59. The van der Waals surface area contributed by atoms with Gasteiger partial charge in [-0.15, -0.1) is 0 Å². The van der Waals surface area contributed by atoms with E-state index in [2.05, 4.69) is 0 Å². The number of piperidine rings is 1. The average molecular weight is 289 g/mol. The molecule has 20 heavy (non-hydrogen) atoms. The van der Waals surface area contributed by atoms with Gasteiger partial charge in [0.1, 0.15) is 5.75 Å². The van der Waals surface area contributed by atoms with Gasteiger partial charge in [-0.25, -0.2) is 0 Å². The van der Waals surface area contributed by atoms with Crippen molar-refractivity contribution in [3.8, 4) is 5.75 Å². The second-order valence-corrected chi connectivity index (χ2v) is 4.97. The zero-order valence-electron chi connectivity index (χ0n) is 27.8. The second-order valence-electron chi connectivity index (χ2n) is 4.97. The van der Waals surface area contributed by atoms with E-state index in [1.807, 2.05) is 0 Å². The molecule has 2 aliphatic carbocycles. The van der Waals surface area contributed by atoms with E-state index >= 15 is 0 Å². The maximum absolute atomic E-state index is 9.53. The fraction of sp³-hybridized carbons (Fsp3) is 0.667. The Morgan fingerprint density at radius 1 is 1.55 bits per heavy atom. The third kappa shape index (κ3) is 1.60. The molecule has 0 spiro atoms. The van der Waals surface area contributed by atoms with Gasteiger partial charge in [0.05, 0.1) is 11.2 Å². The van der Waals surface area contributed by atoms with Crippen LogP contribution in [-0.2, 0) is 11.8 Å². The van der Waals surface area contributed by atoms with E-state index in [1.165, 1.54) is 0 Å². The molecule has 2 fully saturated rings. The summed E-state index contributed by atoms with van der Waals surface area (Å²) in [4.78, 5) is 0.461. The summed E-state index contributed by atoms with van der Waals surface area (Å²) in [6.45, 7) is -3.85. The molecule has 108 valence electrons. The van der Waals surface area contributed by atoms with E-state index in [9.17, 15) is 1.37 Å². The molecule has 1 aliphatic heterocycles. The minimum absolute atomic E-state index is 0.461. The predicted octanol–water partition coefficient (Wildman–Crippen LogP) is 3.38. The number of rotatable bonds is 1. The molecule has 1 saturated carbocycles. The minimum atomic E-state index is -3.77. The number of ether oxygens (including phenoxy) is 1. The minimum Gasteiger partial charge on any atom is -0.497 e. The molecule has 3 aliphatic rings. The molecule has 1 aromatic carbocycles. The van der Waals surface area contributed by atoms with Crippen molar-refractivity contribution in [1.82, 2.24) is 4.90 Å². The van der Waals surface area contributed by atoms with Gasteiger partial charge in [0, 0.05) is 30.6 Å². The molecule has 1 unspecified atom stereocenters. The Hall–Kier alpha value is -1.02. The topological polar surface area (TPSA) is 12.5 Å². The van der Waals surface area contributed by atoms with E-state index < -0.39 is 104 Å². The van der Waals surface area contributed by atoms with Gasteiger partial charge in [-0.2, -0.15) is 0 Å². The van der Waals surface area contributed by atoms with Crippen LogP contribution in [0.2, 0.25) is 0 Å². The van der Waals surface area contributed by atoms with Crippen LogP contribution in [0.5, 0.6) is 5.75 Å². The molecule has 2 nitrogen and oxygen atoms in total. The Bertz CT molecular complexity index is 1180. The third-order valence-electron chi connectivity index (χ3n) is 4.01. The van der Waals surface area contributed by atoms with Crippen molar-refractivity contribution < 1.29 is 28.0 Å². The fourth-order valence-corrected chi connectivity index (χ4v) is 3.01. The Labute approximate surface area is 146 Å². The van der Waals surface area contributed by atoms with Crippen LogP contribution in [0.3, 0.4) is 0 Å². The van der Waals surface area contributed by atoms with Gasteiger partial charge in [0.15, 0.2) is 0 Å². The zero-order valence-corrected chi connectivity index (χ0v) is 10.8. The summed E-state index contributed by atoms with van der Waals surface area (Å²) in [6, 6.07) is -5.00. The van der Waals surface area contributed by atoms with Crippen molar-refractivity contribution in [3.63, 3.8) is 0 Å². The standard InChI is InChI=1S/C18H25NO/c1-19-10-9-18-8-4-3-5-15(18)17(19)11-13-6-7-14(20-2)12-16(13)18/h6-7,12,15,17H,3-5,8-11H2,1-2H3/t15-,17?,18+/m1/s1/i1D3,3D2,4D2,5D2,6D,7D,8D2,11D2,12D,15D. The first-order valence-corrected chi connectivity index (χ1v) is 6.34. The van der Waals surface area contributed by atoms with Crippen LogP contribution < -0.4 is 4.74 Å². The van der Waals surface area contributed by atoms with Crippen molar-refractivity contribution in [2.24, 2.45) is 5.89 Å². The molecule has 1 heterocycles. The van der Waals surface area contributed by atoms with Crippen molar-refractivity contribution in [2.75, 3.05) is 20.6 Å². The van der Waals surface area contributed by atoms with Gasteiger partial charge in [-0.05, 0) is 68.2 Å². The van der Waals surface area contributed by atoms with E-state index in [4.69, 9.17) is 26.7 Å². The maximum Gasteiger partial charge on any atom is 0.119 e. The van der Waals surface area contributed by atoms with Gasteiger partial charge in [-0.3, -0.25) is 0 Å². The molecule has 2 bridgehead atoms. The van der Waals surface area contributed by atoms with E-state index in [-0.39, 0.29) is 0 Å². The lowest BCUT2D eigenvalue weighted by molar-refractivity contribution is 0.00274. The molecule has 2 heteroatoms. The van der Waals surface area contributed by atoms with Crippen LogP contribution in [0.1, 0.15) is 66.3 Å². The number of benzene rings is 1. The van der Waals surface area contributed by atoms with Crippen molar-refractivity contribution >= 4 is 0 Å². The first-order chi connectivity index (χ1) is 16.4. The number of fused-ring (bicyclic) bond motifs is 1. The largest absolute Gasteiger partial charge is 0.497 e. The normalized spacial score (nSPS) is 65.5. The van der Waals surface area contributed by atoms with Gasteiger partial charge in [0.2, 0.25) is 0 Å². The highest BCUT2D eigenvalue weighted by atomic mass is 16.5. The highest BCUT2D eigenvalue weighted by Crippen LogP contribution is 2.55. The summed E-state index contributed by atoms with van der Waals surface area (Å²) in [6.07, 6.45) is -18.7. The highest BCUT2D eigenvalue weighted by Gasteiger charge is 2.53. The zero-order chi connectivity index (χ0) is 28.7. The Morgan fingerprint density at radius 3 is 3.35 bits per heavy atom. The summed E-state index contributed by atoms with van der Waals surface area (Å²) in [5.41, 5.74) is -4.47. The lowest BCUT2D eigenvalue weighted by Gasteiger charge is -2.58. The first kappa shape index (κ1) is 4.04. The fourth-order valence-electron chi connectivity index (χ4n) is 3.01. The summed E-state index contributed by atoms with van der Waals surface area (Å²) in [5.74, 6) is -3.99. The quantitative estimate of drug-likeness (QED) is 0.785. The summed E-state index contributed by atoms with van der Waals surface area (Å²) < 4.78 is 151. The predicted molar refractivity (Wildman–Crippen MR) is 81.4 cm³/mol. The molecule has 0 amide bonds. The van der Waals surface area contributed by atoms with Crippen LogP contribution in [0, 0.1) is 5.89 Å². The molecule has 1 saturated heterocycles. The average Bonchev–Trinajstić information content (AvgIpc) is 2.73. The molecule has 0 radical (unpaired) electrons. The first-order valence-electron chi connectivity index (χ1n) is 14.8. The van der Waals surface area contributed by atoms with Crippen LogP contribution in [0.15, 0.2) is 18.1 Å². The summed E-state index contributed by atoms with van der Waals surface area (Å²) in [7, 11) is 1.03. The molecule has 4 rings (SSSR count). The van der Waals surface area contributed by atoms with Gasteiger partial charge < -0.3 is 9.64 Å². The van der Waals surface area contributed by atoms with Crippen LogP contribution >= 0.6 is 0 Å². The van der Waals surface area contributed by atoms with Crippen molar-refractivity contribution in [3.05, 3.63) is 29.3 Å². The smallest absolute Gasteiger partial charge is 0.119 e. The maximum atomic E-state index is 9.53. The van der Waals surface area contributed by atoms with Crippen LogP contribution in [-0.4, -0.2) is 31.6 Å². The molecular weight excluding hydrogens is 246 g/mol. The van der Waals surface area contributed by atoms with Crippen LogP contribution in [0.25, 0.3) is 0 Å². The Morgan fingerprint density at radius 2 is 2.50 bits per heavy atom. The lowest BCUT2D eigenvalue weighted by atomic mass is 9.52. The van der Waals surface area contributed by atoms with Gasteiger partial charge >= 0.3 is 0 Å². The number of hydrogen-bond acceptors (Lipinski definition) is 2. The monoisotopic (exact) mass is 288 g/mol. The van der Waals surface area contributed by atoms with Gasteiger partial charge in [-0.1, -0.05) is 18.8 Å². The number of likely N-dealkylation sites (tertiary alicyclic amines) is 1. The summed E-state index contributed by atoms with van der Waals surface area (Å²) in [5, 5.41) is 0. The number of nitrogens with zero attached hydrogens (tertiary/aromatic N) is 1. The third-order valence-corrected chi connectivity index (χ3v) is 4.01. The molecule has 0 aromatic heterocycles. The van der Waals surface area contributed by atoms with Gasteiger partial charge in [0.25, 0.3) is 0 Å². The van der Waals surface area contributed by atoms with E-state index in [0.717, 1.165) is 7.11 Å². The van der Waals surface area contributed by atoms with E-state index in [0.29, 0.717) is 4.90 Å². The second kappa shape index (κ2) is 4.49. The Balaban J connectivity index is 2.38. The number of methoxy groups -OCH3 is 1. The SMILES string of the molecule is [2H]c1c([2H])c2c(c([2H])c1OC)[C@@]13CCN(C([2H])([2H])[2H])C(C2([2H])[2H])[C@@]1([2H])C([2H])([2H])C([2H])([2H])C([2H])([2H])C3([2H])[2H]. The number of likely N-dealkylation sites (N-methyl/N-ethyl adjacent to an activating group) is 1. The highest BCUT2D eigenvalue weighted by molar-refractivity contribution is 5.45. The van der Waals surface area contributed by atoms with Crippen molar-refractivity contribution in [2.45, 2.75) is 49.7 Å². The van der Waals surface area contributed by atoms with E-state index in [1.54, 1.807) is 0 Å². The molecule has 0 N–H and O–H groups in total. The Kier molecular flexibility index (Phi) is 0.907. The van der Waals surface area contributed by atoms with Crippen molar-refractivity contribution in [1.29, 1.82) is 0 Å².